The number of hydrogen-bond acceptors (Lipinski definition) is 4. The molecule has 0 aromatic carbocycles. The van der Waals surface area contributed by atoms with Crippen molar-refractivity contribution in [2.45, 2.75) is 58.2 Å². The van der Waals surface area contributed by atoms with Gasteiger partial charge in [-0.3, -0.25) is 0 Å². The van der Waals surface area contributed by atoms with Crippen molar-refractivity contribution in [2.24, 2.45) is 0 Å². The third-order valence-electron chi connectivity index (χ3n) is 3.16. The highest BCUT2D eigenvalue weighted by Gasteiger charge is 2.15. The van der Waals surface area contributed by atoms with Crippen LogP contribution < -0.4 is 5.32 Å². The molecule has 1 aliphatic heterocycles. The Morgan fingerprint density at radius 2 is 2.11 bits per heavy atom. The molecule has 1 aliphatic rings. The fourth-order valence-electron chi connectivity index (χ4n) is 2.07. The molecule has 0 radical (unpaired) electrons. The van der Waals surface area contributed by atoms with Gasteiger partial charge in [-0.05, 0) is 19.3 Å². The van der Waals surface area contributed by atoms with E-state index in [1.165, 1.54) is 12.8 Å². The van der Waals surface area contributed by atoms with Gasteiger partial charge in [0.25, 0.3) is 0 Å². The van der Waals surface area contributed by atoms with Gasteiger partial charge in [-0.25, -0.2) is 9.97 Å². The molecule has 1 aromatic rings. The predicted molar refractivity (Wildman–Crippen MR) is 71.3 cm³/mol. The minimum atomic E-state index is 0.318. The second-order valence-corrected chi connectivity index (χ2v) is 5.24. The summed E-state index contributed by atoms with van der Waals surface area (Å²) in [6.07, 6.45) is 8.59. The van der Waals surface area contributed by atoms with Gasteiger partial charge in [0.15, 0.2) is 0 Å². The van der Waals surface area contributed by atoms with Crippen molar-refractivity contribution in [3.05, 3.63) is 23.8 Å². The summed E-state index contributed by atoms with van der Waals surface area (Å²) in [5.41, 5.74) is 1.14. The summed E-state index contributed by atoms with van der Waals surface area (Å²) >= 11 is 0. The highest BCUT2D eigenvalue weighted by Crippen LogP contribution is 2.15. The molecule has 0 amide bonds. The highest BCUT2D eigenvalue weighted by molar-refractivity contribution is 5.05. The molecular weight excluding hydrogens is 226 g/mol. The number of hydrogen-bond donors (Lipinski definition) is 1. The van der Waals surface area contributed by atoms with Crippen molar-refractivity contribution < 1.29 is 4.74 Å². The first-order valence-corrected chi connectivity index (χ1v) is 6.89. The average molecular weight is 249 g/mol. The zero-order valence-corrected chi connectivity index (χ0v) is 11.4. The lowest BCUT2D eigenvalue weighted by Gasteiger charge is -2.21. The summed E-state index contributed by atoms with van der Waals surface area (Å²) in [6.45, 7) is 5.99. The van der Waals surface area contributed by atoms with Crippen molar-refractivity contribution >= 4 is 0 Å². The number of rotatable bonds is 5. The van der Waals surface area contributed by atoms with Crippen LogP contribution >= 0.6 is 0 Å². The van der Waals surface area contributed by atoms with Crippen LogP contribution in [-0.2, 0) is 17.7 Å². The molecule has 1 atom stereocenters. The Morgan fingerprint density at radius 1 is 1.33 bits per heavy atom. The fraction of sp³-hybridized carbons (Fsp3) is 0.714. The van der Waals surface area contributed by atoms with Crippen LogP contribution in [0.2, 0.25) is 0 Å². The molecule has 18 heavy (non-hydrogen) atoms. The third-order valence-corrected chi connectivity index (χ3v) is 3.16. The van der Waals surface area contributed by atoms with E-state index in [9.17, 15) is 0 Å². The van der Waals surface area contributed by atoms with E-state index in [0.717, 1.165) is 37.4 Å². The lowest BCUT2D eigenvalue weighted by atomic mass is 10.1. The van der Waals surface area contributed by atoms with Gasteiger partial charge < -0.3 is 10.1 Å². The first kappa shape index (κ1) is 13.4. The quantitative estimate of drug-likeness (QED) is 0.868. The lowest BCUT2D eigenvalue weighted by Crippen LogP contribution is -2.23. The van der Waals surface area contributed by atoms with E-state index in [2.05, 4.69) is 29.1 Å². The minimum Gasteiger partial charge on any atom is -0.378 e. The molecule has 1 saturated heterocycles. The largest absolute Gasteiger partial charge is 0.378 e. The molecule has 1 aromatic heterocycles. The molecule has 1 unspecified atom stereocenters. The Balaban J connectivity index is 1.83. The first-order chi connectivity index (χ1) is 8.74. The molecule has 4 nitrogen and oxygen atoms in total. The van der Waals surface area contributed by atoms with Crippen molar-refractivity contribution in [1.82, 2.24) is 15.3 Å². The van der Waals surface area contributed by atoms with Crippen LogP contribution in [0.1, 0.15) is 44.5 Å². The summed E-state index contributed by atoms with van der Waals surface area (Å²) in [5, 5.41) is 3.36. The van der Waals surface area contributed by atoms with Crippen LogP contribution in [0.5, 0.6) is 0 Å². The molecule has 1 N–H and O–H groups in total. The van der Waals surface area contributed by atoms with Crippen LogP contribution in [0.4, 0.5) is 0 Å². The summed E-state index contributed by atoms with van der Waals surface area (Å²) in [6, 6.07) is 0.486. The topological polar surface area (TPSA) is 47.0 Å². The summed E-state index contributed by atoms with van der Waals surface area (Å²) < 4.78 is 5.70. The molecular formula is C14H23N3O. The zero-order chi connectivity index (χ0) is 12.8. The summed E-state index contributed by atoms with van der Waals surface area (Å²) in [7, 11) is 0. The van der Waals surface area contributed by atoms with Crippen LogP contribution in [0, 0.1) is 0 Å². The molecule has 100 valence electrons. The van der Waals surface area contributed by atoms with Gasteiger partial charge >= 0.3 is 0 Å². The van der Waals surface area contributed by atoms with Crippen molar-refractivity contribution in [3.63, 3.8) is 0 Å². The summed E-state index contributed by atoms with van der Waals surface area (Å²) in [4.78, 5) is 8.84. The van der Waals surface area contributed by atoms with Gasteiger partial charge in [0, 0.05) is 43.6 Å². The molecule has 0 bridgehead atoms. The second-order valence-electron chi connectivity index (χ2n) is 5.24. The Morgan fingerprint density at radius 3 is 2.72 bits per heavy atom. The normalized spacial score (nSPS) is 20.3. The third kappa shape index (κ3) is 4.35. The number of nitrogens with one attached hydrogen (secondary N) is 1. The monoisotopic (exact) mass is 249 g/mol. The van der Waals surface area contributed by atoms with E-state index >= 15 is 0 Å². The van der Waals surface area contributed by atoms with Gasteiger partial charge in [-0.2, -0.15) is 0 Å². The molecule has 0 saturated carbocycles. The maximum Gasteiger partial charge on any atom is 0.130 e. The van der Waals surface area contributed by atoms with E-state index in [4.69, 9.17) is 4.74 Å². The SMILES string of the molecule is CC(C)NCc1cnc(CC2CCCCO2)nc1. The van der Waals surface area contributed by atoms with Crippen LogP contribution in [0.15, 0.2) is 12.4 Å². The zero-order valence-electron chi connectivity index (χ0n) is 11.4. The standard InChI is InChI=1S/C14H23N3O/c1-11(2)15-8-12-9-16-14(17-10-12)7-13-5-3-4-6-18-13/h9-11,13,15H,3-8H2,1-2H3. The van der Waals surface area contributed by atoms with Crippen LogP contribution in [-0.4, -0.2) is 28.7 Å². The highest BCUT2D eigenvalue weighted by atomic mass is 16.5. The second kappa shape index (κ2) is 6.81. The first-order valence-electron chi connectivity index (χ1n) is 6.89. The van der Waals surface area contributed by atoms with Crippen LogP contribution in [0.3, 0.4) is 0 Å². The van der Waals surface area contributed by atoms with Gasteiger partial charge in [0.05, 0.1) is 6.10 Å². The van der Waals surface area contributed by atoms with E-state index in [1.54, 1.807) is 0 Å². The maximum absolute atomic E-state index is 5.70. The van der Waals surface area contributed by atoms with E-state index in [-0.39, 0.29) is 0 Å². The van der Waals surface area contributed by atoms with Crippen molar-refractivity contribution in [2.75, 3.05) is 6.61 Å². The Hall–Kier alpha value is -1.00. The van der Waals surface area contributed by atoms with E-state index < -0.39 is 0 Å². The predicted octanol–water partition coefficient (Wildman–Crippen LogP) is 2.09. The van der Waals surface area contributed by atoms with Crippen molar-refractivity contribution in [3.8, 4) is 0 Å². The van der Waals surface area contributed by atoms with Gasteiger partial charge in [-0.15, -0.1) is 0 Å². The average Bonchev–Trinajstić information content (AvgIpc) is 2.39. The van der Waals surface area contributed by atoms with Gasteiger partial charge in [0.1, 0.15) is 5.82 Å². The molecule has 0 spiro atoms. The molecule has 2 rings (SSSR count). The number of nitrogens with zero attached hydrogens (tertiary/aromatic N) is 2. The summed E-state index contributed by atoms with van der Waals surface area (Å²) in [5.74, 6) is 0.898. The lowest BCUT2D eigenvalue weighted by molar-refractivity contribution is 0.0156. The minimum absolute atomic E-state index is 0.318. The fourth-order valence-corrected chi connectivity index (χ4v) is 2.07. The van der Waals surface area contributed by atoms with E-state index in [0.29, 0.717) is 12.1 Å². The maximum atomic E-state index is 5.70. The van der Waals surface area contributed by atoms with Gasteiger partial charge in [-0.1, -0.05) is 13.8 Å². The molecule has 1 fully saturated rings. The Kier molecular flexibility index (Phi) is 5.08. The van der Waals surface area contributed by atoms with Gasteiger partial charge in [0.2, 0.25) is 0 Å². The smallest absolute Gasteiger partial charge is 0.130 e. The molecule has 4 heteroatoms. The Labute approximate surface area is 109 Å². The Bertz CT molecular complexity index is 345. The van der Waals surface area contributed by atoms with Crippen molar-refractivity contribution in [1.29, 1.82) is 0 Å². The number of ether oxygens (including phenoxy) is 1. The molecule has 2 heterocycles. The van der Waals surface area contributed by atoms with E-state index in [1.807, 2.05) is 12.4 Å². The van der Waals surface area contributed by atoms with Crippen LogP contribution in [0.25, 0.3) is 0 Å². The number of aromatic nitrogens is 2. The molecule has 0 aliphatic carbocycles.